The molecule has 1 aromatic rings. The van der Waals surface area contributed by atoms with Crippen LogP contribution in [0.3, 0.4) is 0 Å². The standard InChI is InChI=1S/C15H26N4O2/c1-10(13-17-14(18-21-13)15(2,3)4)19-7-5-11(6-8-19)9-12(16)20/h10-11H,5-9H2,1-4H3,(H2,16,20). The number of amides is 1. The number of rotatable bonds is 4. The molecule has 0 aromatic carbocycles. The molecule has 1 aliphatic rings. The first kappa shape index (κ1) is 15.9. The fraction of sp³-hybridized carbons (Fsp3) is 0.800. The van der Waals surface area contributed by atoms with Gasteiger partial charge in [0.15, 0.2) is 5.82 Å². The Hall–Kier alpha value is -1.43. The number of hydrogen-bond donors (Lipinski definition) is 1. The van der Waals surface area contributed by atoms with Gasteiger partial charge in [0.2, 0.25) is 11.8 Å². The van der Waals surface area contributed by atoms with Gasteiger partial charge in [0.25, 0.3) is 0 Å². The molecule has 2 rings (SSSR count). The van der Waals surface area contributed by atoms with E-state index in [-0.39, 0.29) is 17.4 Å². The maximum Gasteiger partial charge on any atom is 0.243 e. The summed E-state index contributed by atoms with van der Waals surface area (Å²) in [6.45, 7) is 10.2. The summed E-state index contributed by atoms with van der Waals surface area (Å²) in [7, 11) is 0. The van der Waals surface area contributed by atoms with Gasteiger partial charge in [-0.15, -0.1) is 0 Å². The summed E-state index contributed by atoms with van der Waals surface area (Å²) < 4.78 is 5.42. The minimum atomic E-state index is -0.201. The third-order valence-electron chi connectivity index (χ3n) is 4.16. The molecule has 1 aliphatic heterocycles. The van der Waals surface area contributed by atoms with Gasteiger partial charge >= 0.3 is 0 Å². The molecule has 0 spiro atoms. The minimum Gasteiger partial charge on any atom is -0.370 e. The highest BCUT2D eigenvalue weighted by Crippen LogP contribution is 2.28. The summed E-state index contributed by atoms with van der Waals surface area (Å²) in [5.41, 5.74) is 5.17. The van der Waals surface area contributed by atoms with Crippen molar-refractivity contribution in [1.29, 1.82) is 0 Å². The van der Waals surface area contributed by atoms with Crippen molar-refractivity contribution in [3.8, 4) is 0 Å². The van der Waals surface area contributed by atoms with Crippen molar-refractivity contribution < 1.29 is 9.32 Å². The Labute approximate surface area is 126 Å². The molecule has 1 unspecified atom stereocenters. The molecule has 2 N–H and O–H groups in total. The van der Waals surface area contributed by atoms with E-state index in [0.717, 1.165) is 31.8 Å². The highest BCUT2D eigenvalue weighted by Gasteiger charge is 2.29. The van der Waals surface area contributed by atoms with Crippen LogP contribution in [0.25, 0.3) is 0 Å². The summed E-state index contributed by atoms with van der Waals surface area (Å²) >= 11 is 0. The average molecular weight is 294 g/mol. The predicted octanol–water partition coefficient (Wildman–Crippen LogP) is 2.02. The zero-order chi connectivity index (χ0) is 15.6. The van der Waals surface area contributed by atoms with Crippen molar-refractivity contribution in [3.05, 3.63) is 11.7 Å². The lowest BCUT2D eigenvalue weighted by molar-refractivity contribution is -0.119. The van der Waals surface area contributed by atoms with Crippen LogP contribution in [-0.2, 0) is 10.2 Å². The largest absolute Gasteiger partial charge is 0.370 e. The van der Waals surface area contributed by atoms with Crippen molar-refractivity contribution in [2.24, 2.45) is 11.7 Å². The number of likely N-dealkylation sites (tertiary alicyclic amines) is 1. The third-order valence-corrected chi connectivity index (χ3v) is 4.16. The summed E-state index contributed by atoms with van der Waals surface area (Å²) in [4.78, 5) is 17.8. The summed E-state index contributed by atoms with van der Waals surface area (Å²) in [6, 6.07) is 0.114. The SMILES string of the molecule is CC(c1nc(C(C)(C)C)no1)N1CCC(CC(N)=O)CC1. The number of piperidine rings is 1. The van der Waals surface area contributed by atoms with E-state index in [1.54, 1.807) is 0 Å². The van der Waals surface area contributed by atoms with Crippen molar-refractivity contribution in [2.45, 2.75) is 58.4 Å². The van der Waals surface area contributed by atoms with Crippen LogP contribution in [0.2, 0.25) is 0 Å². The van der Waals surface area contributed by atoms with Crippen molar-refractivity contribution in [3.63, 3.8) is 0 Å². The van der Waals surface area contributed by atoms with Crippen LogP contribution in [0.15, 0.2) is 4.52 Å². The minimum absolute atomic E-state index is 0.101. The second-order valence-electron chi connectivity index (χ2n) is 7.03. The topological polar surface area (TPSA) is 85.2 Å². The Morgan fingerprint density at radius 3 is 2.52 bits per heavy atom. The summed E-state index contributed by atoms with van der Waals surface area (Å²) in [5, 5.41) is 4.08. The lowest BCUT2D eigenvalue weighted by atomic mass is 9.92. The lowest BCUT2D eigenvalue weighted by Crippen LogP contribution is -2.37. The molecule has 6 heteroatoms. The quantitative estimate of drug-likeness (QED) is 0.918. The number of aromatic nitrogens is 2. The highest BCUT2D eigenvalue weighted by molar-refractivity contribution is 5.73. The molecular formula is C15H26N4O2. The van der Waals surface area contributed by atoms with Gasteiger partial charge in [-0.3, -0.25) is 9.69 Å². The zero-order valence-corrected chi connectivity index (χ0v) is 13.4. The van der Waals surface area contributed by atoms with Gasteiger partial charge in [-0.2, -0.15) is 4.98 Å². The van der Waals surface area contributed by atoms with Gasteiger partial charge in [0.05, 0.1) is 6.04 Å². The van der Waals surface area contributed by atoms with E-state index in [4.69, 9.17) is 10.3 Å². The van der Waals surface area contributed by atoms with Gasteiger partial charge in [-0.25, -0.2) is 0 Å². The van der Waals surface area contributed by atoms with Crippen molar-refractivity contribution in [2.75, 3.05) is 13.1 Å². The van der Waals surface area contributed by atoms with Crippen LogP contribution < -0.4 is 5.73 Å². The fourth-order valence-corrected chi connectivity index (χ4v) is 2.69. The second kappa shape index (κ2) is 6.13. The number of nitrogens with two attached hydrogens (primary N) is 1. The molecule has 6 nitrogen and oxygen atoms in total. The molecule has 1 saturated heterocycles. The van der Waals surface area contributed by atoms with Gasteiger partial charge in [-0.1, -0.05) is 25.9 Å². The summed E-state index contributed by atoms with van der Waals surface area (Å²) in [5.74, 6) is 1.63. The normalized spacial score (nSPS) is 19.6. The first-order valence-electron chi connectivity index (χ1n) is 7.64. The molecule has 2 heterocycles. The molecule has 0 aliphatic carbocycles. The van der Waals surface area contributed by atoms with Crippen LogP contribution in [0.5, 0.6) is 0 Å². The van der Waals surface area contributed by atoms with E-state index in [1.165, 1.54) is 0 Å². The van der Waals surface area contributed by atoms with Gasteiger partial charge in [0.1, 0.15) is 0 Å². The van der Waals surface area contributed by atoms with Crippen LogP contribution in [-0.4, -0.2) is 34.0 Å². The van der Waals surface area contributed by atoms with Gasteiger partial charge in [-0.05, 0) is 38.8 Å². The molecule has 1 amide bonds. The van der Waals surface area contributed by atoms with Crippen LogP contribution in [0.4, 0.5) is 0 Å². The molecule has 1 aromatic heterocycles. The van der Waals surface area contributed by atoms with E-state index < -0.39 is 0 Å². The zero-order valence-electron chi connectivity index (χ0n) is 13.4. The maximum atomic E-state index is 11.0. The number of carbonyl (C=O) groups excluding carboxylic acids is 1. The summed E-state index contributed by atoms with van der Waals surface area (Å²) in [6.07, 6.45) is 2.48. The highest BCUT2D eigenvalue weighted by atomic mass is 16.5. The van der Waals surface area contributed by atoms with E-state index >= 15 is 0 Å². The van der Waals surface area contributed by atoms with E-state index in [2.05, 4.69) is 42.7 Å². The number of carbonyl (C=O) groups is 1. The van der Waals surface area contributed by atoms with E-state index in [1.807, 2.05) is 0 Å². The van der Waals surface area contributed by atoms with E-state index in [9.17, 15) is 4.79 Å². The molecule has 1 fully saturated rings. The predicted molar refractivity (Wildman–Crippen MR) is 79.5 cm³/mol. The molecular weight excluding hydrogens is 268 g/mol. The maximum absolute atomic E-state index is 11.0. The van der Waals surface area contributed by atoms with Crippen LogP contribution >= 0.6 is 0 Å². The molecule has 0 bridgehead atoms. The first-order valence-corrected chi connectivity index (χ1v) is 7.64. The monoisotopic (exact) mass is 294 g/mol. The van der Waals surface area contributed by atoms with Crippen LogP contribution in [0, 0.1) is 5.92 Å². The van der Waals surface area contributed by atoms with Crippen molar-refractivity contribution in [1.82, 2.24) is 15.0 Å². The van der Waals surface area contributed by atoms with Gasteiger partial charge < -0.3 is 10.3 Å². The fourth-order valence-electron chi connectivity index (χ4n) is 2.69. The third kappa shape index (κ3) is 4.03. The smallest absolute Gasteiger partial charge is 0.243 e. The van der Waals surface area contributed by atoms with Crippen LogP contribution in [0.1, 0.15) is 64.7 Å². The Morgan fingerprint density at radius 1 is 1.43 bits per heavy atom. The molecule has 0 radical (unpaired) electrons. The Kier molecular flexibility index (Phi) is 4.66. The van der Waals surface area contributed by atoms with Crippen molar-refractivity contribution >= 4 is 5.91 Å². The lowest BCUT2D eigenvalue weighted by Gasteiger charge is -2.34. The number of primary amides is 1. The molecule has 21 heavy (non-hydrogen) atoms. The second-order valence-corrected chi connectivity index (χ2v) is 7.03. The number of nitrogens with zero attached hydrogens (tertiary/aromatic N) is 3. The number of hydrogen-bond acceptors (Lipinski definition) is 5. The average Bonchev–Trinajstić information content (AvgIpc) is 2.87. The Balaban J connectivity index is 1.94. The molecule has 1 atom stereocenters. The molecule has 118 valence electrons. The Bertz CT molecular complexity index is 484. The Morgan fingerprint density at radius 2 is 2.05 bits per heavy atom. The first-order chi connectivity index (χ1) is 9.77. The molecule has 0 saturated carbocycles. The van der Waals surface area contributed by atoms with E-state index in [0.29, 0.717) is 18.2 Å². The van der Waals surface area contributed by atoms with Gasteiger partial charge in [0, 0.05) is 11.8 Å².